The second-order valence-corrected chi connectivity index (χ2v) is 5.87. The zero-order valence-corrected chi connectivity index (χ0v) is 7.84. The third-order valence-corrected chi connectivity index (χ3v) is 4.96. The molecule has 3 nitrogen and oxygen atoms in total. The number of epoxide rings is 1. The summed E-state index contributed by atoms with van der Waals surface area (Å²) in [7, 11) is -4.34. The van der Waals surface area contributed by atoms with Crippen LogP contribution in [-0.2, 0) is 15.0 Å². The van der Waals surface area contributed by atoms with Crippen molar-refractivity contribution in [3.8, 4) is 0 Å². The quantitative estimate of drug-likeness (QED) is 0.472. The van der Waals surface area contributed by atoms with Crippen molar-refractivity contribution in [3.05, 3.63) is 0 Å². The van der Waals surface area contributed by atoms with Gasteiger partial charge in [0.25, 0.3) is 0 Å². The van der Waals surface area contributed by atoms with E-state index in [4.69, 9.17) is 4.74 Å². The molecule has 5 unspecified atom stereocenters. The first-order chi connectivity index (χ1) is 6.07. The van der Waals surface area contributed by atoms with E-state index in [1.807, 2.05) is 0 Å². The Bertz CT molecular complexity index is 339. The SMILES string of the molecule is O=S(=O)(F)C1CC2CCC1C1OC21. The topological polar surface area (TPSA) is 46.7 Å². The van der Waals surface area contributed by atoms with E-state index in [0.29, 0.717) is 12.3 Å². The number of ether oxygens (including phenoxy) is 1. The monoisotopic (exact) mass is 206 g/mol. The van der Waals surface area contributed by atoms with E-state index in [-0.39, 0.29) is 18.1 Å². The Labute approximate surface area is 76.5 Å². The van der Waals surface area contributed by atoms with Gasteiger partial charge in [0.05, 0.1) is 17.5 Å². The molecule has 3 saturated carbocycles. The molecule has 2 bridgehead atoms. The van der Waals surface area contributed by atoms with E-state index in [1.54, 1.807) is 0 Å². The van der Waals surface area contributed by atoms with Crippen LogP contribution in [0.25, 0.3) is 0 Å². The Hall–Kier alpha value is -0.160. The van der Waals surface area contributed by atoms with Crippen molar-refractivity contribution < 1.29 is 17.0 Å². The van der Waals surface area contributed by atoms with Crippen LogP contribution in [0, 0.1) is 11.8 Å². The van der Waals surface area contributed by atoms with Crippen molar-refractivity contribution >= 4 is 10.2 Å². The fourth-order valence-corrected chi connectivity index (χ4v) is 4.23. The molecule has 3 aliphatic carbocycles. The first-order valence-electron chi connectivity index (χ1n) is 4.66. The molecule has 0 radical (unpaired) electrons. The van der Waals surface area contributed by atoms with Gasteiger partial charge in [-0.25, -0.2) is 0 Å². The van der Waals surface area contributed by atoms with Gasteiger partial charge in [-0.3, -0.25) is 0 Å². The highest BCUT2D eigenvalue weighted by Gasteiger charge is 2.62. The maximum absolute atomic E-state index is 12.8. The molecule has 13 heavy (non-hydrogen) atoms. The first kappa shape index (κ1) is 8.17. The zero-order chi connectivity index (χ0) is 9.22. The summed E-state index contributed by atoms with van der Waals surface area (Å²) in [6.45, 7) is 0. The normalized spacial score (nSPS) is 53.2. The average molecular weight is 206 g/mol. The molecule has 1 aliphatic heterocycles. The minimum atomic E-state index is -4.34. The molecule has 0 aromatic rings. The molecule has 5 atom stereocenters. The molecule has 4 fully saturated rings. The molecule has 4 rings (SSSR count). The summed E-state index contributed by atoms with van der Waals surface area (Å²) in [5.74, 6) is 0.232. The number of rotatable bonds is 1. The summed E-state index contributed by atoms with van der Waals surface area (Å²) in [5.41, 5.74) is 0. The lowest BCUT2D eigenvalue weighted by atomic mass is 9.70. The van der Waals surface area contributed by atoms with Crippen LogP contribution in [0.15, 0.2) is 0 Å². The molecule has 1 heterocycles. The zero-order valence-electron chi connectivity index (χ0n) is 7.02. The smallest absolute Gasteiger partial charge is 0.305 e. The van der Waals surface area contributed by atoms with E-state index in [1.165, 1.54) is 0 Å². The summed E-state index contributed by atoms with van der Waals surface area (Å²) < 4.78 is 39.8. The van der Waals surface area contributed by atoms with Crippen LogP contribution in [0.1, 0.15) is 19.3 Å². The van der Waals surface area contributed by atoms with E-state index >= 15 is 0 Å². The minimum absolute atomic E-state index is 0.0584. The molecule has 5 heteroatoms. The van der Waals surface area contributed by atoms with Gasteiger partial charge in [-0.05, 0) is 25.2 Å². The third kappa shape index (κ3) is 1.06. The Morgan fingerprint density at radius 3 is 2.62 bits per heavy atom. The highest BCUT2D eigenvalue weighted by Crippen LogP contribution is 2.54. The van der Waals surface area contributed by atoms with Gasteiger partial charge in [0.2, 0.25) is 0 Å². The second kappa shape index (κ2) is 2.25. The lowest BCUT2D eigenvalue weighted by Gasteiger charge is -2.36. The van der Waals surface area contributed by atoms with E-state index in [9.17, 15) is 12.3 Å². The van der Waals surface area contributed by atoms with E-state index in [0.717, 1.165) is 12.8 Å². The molecule has 1 saturated heterocycles. The molecule has 0 spiro atoms. The highest BCUT2D eigenvalue weighted by molar-refractivity contribution is 7.87. The average Bonchev–Trinajstić information content (AvgIpc) is 2.82. The van der Waals surface area contributed by atoms with Gasteiger partial charge in [0.15, 0.2) is 0 Å². The molecule has 4 aliphatic rings. The number of halogens is 1. The molecule has 74 valence electrons. The van der Waals surface area contributed by atoms with E-state index < -0.39 is 15.5 Å². The molecular formula is C8H11FO3S. The maximum Gasteiger partial charge on any atom is 0.305 e. The summed E-state index contributed by atoms with van der Waals surface area (Å²) in [5, 5.41) is -0.769. The van der Waals surface area contributed by atoms with Crippen molar-refractivity contribution in [3.63, 3.8) is 0 Å². The predicted molar refractivity (Wildman–Crippen MR) is 43.3 cm³/mol. The summed E-state index contributed by atoms with van der Waals surface area (Å²) in [6, 6.07) is 0. The summed E-state index contributed by atoms with van der Waals surface area (Å²) in [4.78, 5) is 0. The fraction of sp³-hybridized carbons (Fsp3) is 1.00. The molecule has 0 aromatic carbocycles. The fourth-order valence-electron chi connectivity index (χ4n) is 3.04. The molecule has 0 amide bonds. The maximum atomic E-state index is 12.8. The Balaban J connectivity index is 1.94. The van der Waals surface area contributed by atoms with Crippen LogP contribution in [0.5, 0.6) is 0 Å². The van der Waals surface area contributed by atoms with Gasteiger partial charge in [0, 0.05) is 5.92 Å². The molecule has 0 aromatic heterocycles. The lowest BCUT2D eigenvalue weighted by Crippen LogP contribution is -2.44. The summed E-state index contributed by atoms with van der Waals surface area (Å²) in [6.07, 6.45) is 2.63. The predicted octanol–water partition coefficient (Wildman–Crippen LogP) is 0.852. The van der Waals surface area contributed by atoms with Gasteiger partial charge < -0.3 is 4.74 Å². The van der Waals surface area contributed by atoms with Crippen LogP contribution < -0.4 is 0 Å². The minimum Gasteiger partial charge on any atom is -0.369 e. The molecule has 0 N–H and O–H groups in total. The van der Waals surface area contributed by atoms with Gasteiger partial charge >= 0.3 is 10.2 Å². The summed E-state index contributed by atoms with van der Waals surface area (Å²) >= 11 is 0. The van der Waals surface area contributed by atoms with Crippen molar-refractivity contribution in [2.24, 2.45) is 11.8 Å². The van der Waals surface area contributed by atoms with Crippen LogP contribution in [0.2, 0.25) is 0 Å². The van der Waals surface area contributed by atoms with Gasteiger partial charge in [-0.2, -0.15) is 8.42 Å². The third-order valence-electron chi connectivity index (χ3n) is 3.69. The van der Waals surface area contributed by atoms with Crippen LogP contribution in [-0.4, -0.2) is 25.9 Å². The van der Waals surface area contributed by atoms with Crippen LogP contribution in [0.4, 0.5) is 3.89 Å². The van der Waals surface area contributed by atoms with Crippen molar-refractivity contribution in [2.45, 2.75) is 36.7 Å². The van der Waals surface area contributed by atoms with Crippen LogP contribution >= 0.6 is 0 Å². The van der Waals surface area contributed by atoms with Gasteiger partial charge in [0.1, 0.15) is 0 Å². The Kier molecular flexibility index (Phi) is 1.42. The largest absolute Gasteiger partial charge is 0.369 e. The first-order valence-corrected chi connectivity index (χ1v) is 6.11. The van der Waals surface area contributed by atoms with Crippen LogP contribution in [0.3, 0.4) is 0 Å². The van der Waals surface area contributed by atoms with Crippen molar-refractivity contribution in [1.29, 1.82) is 0 Å². The van der Waals surface area contributed by atoms with Crippen molar-refractivity contribution in [2.75, 3.05) is 0 Å². The standard InChI is InChI=1S/C8H11FO3S/c9-13(10,11)6-3-4-1-2-5(6)8-7(4)12-8/h4-8H,1-3H2. The Morgan fingerprint density at radius 2 is 2.00 bits per heavy atom. The van der Waals surface area contributed by atoms with Crippen molar-refractivity contribution in [1.82, 2.24) is 0 Å². The highest BCUT2D eigenvalue weighted by atomic mass is 32.3. The van der Waals surface area contributed by atoms with Gasteiger partial charge in [-0.15, -0.1) is 3.89 Å². The van der Waals surface area contributed by atoms with Gasteiger partial charge in [-0.1, -0.05) is 0 Å². The molecular weight excluding hydrogens is 195 g/mol. The lowest BCUT2D eigenvalue weighted by molar-refractivity contribution is 0.218. The number of hydrogen-bond acceptors (Lipinski definition) is 3. The Morgan fingerprint density at radius 1 is 1.23 bits per heavy atom. The second-order valence-electron chi connectivity index (χ2n) is 4.32. The number of fused-ring (bicyclic) bond motifs is 2. The number of hydrogen-bond donors (Lipinski definition) is 0. The van der Waals surface area contributed by atoms with E-state index in [2.05, 4.69) is 0 Å².